The Bertz CT molecular complexity index is 439. The maximum atomic E-state index is 5.81. The molecule has 21 heavy (non-hydrogen) atoms. The summed E-state index contributed by atoms with van der Waals surface area (Å²) < 4.78 is 5.46. The molecule has 0 bridgehead atoms. The summed E-state index contributed by atoms with van der Waals surface area (Å²) in [5.74, 6) is 0.968. The van der Waals surface area contributed by atoms with Crippen LogP contribution in [0.5, 0.6) is 5.75 Å². The number of benzene rings is 1. The molecule has 0 radical (unpaired) electrons. The molecule has 0 atom stereocenters. The van der Waals surface area contributed by atoms with E-state index in [4.69, 9.17) is 10.5 Å². The average Bonchev–Trinajstić information content (AvgIpc) is 2.53. The summed E-state index contributed by atoms with van der Waals surface area (Å²) in [5.41, 5.74) is 7.27. The van der Waals surface area contributed by atoms with Crippen molar-refractivity contribution >= 4 is 5.69 Å². The van der Waals surface area contributed by atoms with Gasteiger partial charge in [-0.15, -0.1) is 0 Å². The fraction of sp³-hybridized carbons (Fsp3) is 0.647. The van der Waals surface area contributed by atoms with Crippen LogP contribution in [0.1, 0.15) is 20.3 Å². The molecule has 1 fully saturated rings. The Hall–Kier alpha value is -1.26. The molecular weight excluding hydrogens is 262 g/mol. The number of rotatable bonds is 6. The molecule has 1 aromatic rings. The lowest BCUT2D eigenvalue weighted by Crippen LogP contribution is -2.47. The number of nitrogens with two attached hydrogens (primary N) is 1. The second-order valence-corrected chi connectivity index (χ2v) is 6.62. The van der Waals surface area contributed by atoms with E-state index in [1.807, 2.05) is 12.1 Å². The molecule has 0 amide bonds. The Morgan fingerprint density at radius 1 is 1.14 bits per heavy atom. The molecule has 1 saturated heterocycles. The third-order valence-corrected chi connectivity index (χ3v) is 4.46. The first kappa shape index (κ1) is 16.1. The van der Waals surface area contributed by atoms with Gasteiger partial charge in [0.05, 0.1) is 12.8 Å². The minimum Gasteiger partial charge on any atom is -0.495 e. The summed E-state index contributed by atoms with van der Waals surface area (Å²) in [6, 6.07) is 8.28. The fourth-order valence-corrected chi connectivity index (χ4v) is 2.67. The van der Waals surface area contributed by atoms with Crippen LogP contribution in [0.3, 0.4) is 0 Å². The minimum absolute atomic E-state index is 0.250. The van der Waals surface area contributed by atoms with Crippen LogP contribution in [-0.4, -0.2) is 51.3 Å². The maximum Gasteiger partial charge on any atom is 0.142 e. The van der Waals surface area contributed by atoms with E-state index in [-0.39, 0.29) is 5.41 Å². The van der Waals surface area contributed by atoms with E-state index in [1.54, 1.807) is 7.11 Å². The topological polar surface area (TPSA) is 41.7 Å². The number of piperazine rings is 1. The molecule has 2 rings (SSSR count). The Morgan fingerprint density at radius 3 is 2.43 bits per heavy atom. The van der Waals surface area contributed by atoms with E-state index in [1.165, 1.54) is 5.69 Å². The van der Waals surface area contributed by atoms with Crippen molar-refractivity contribution in [1.29, 1.82) is 0 Å². The monoisotopic (exact) mass is 291 g/mol. The predicted octanol–water partition coefficient (Wildman–Crippen LogP) is 2.19. The number of ether oxygens (including phenoxy) is 1. The van der Waals surface area contributed by atoms with Crippen LogP contribution < -0.4 is 15.4 Å². The van der Waals surface area contributed by atoms with Gasteiger partial charge in [0.25, 0.3) is 0 Å². The summed E-state index contributed by atoms with van der Waals surface area (Å²) in [5, 5.41) is 0. The summed E-state index contributed by atoms with van der Waals surface area (Å²) in [6.45, 7) is 10.7. The van der Waals surface area contributed by atoms with Crippen LogP contribution in [0.25, 0.3) is 0 Å². The number of para-hydroxylation sites is 2. The van der Waals surface area contributed by atoms with Gasteiger partial charge in [0.2, 0.25) is 0 Å². The van der Waals surface area contributed by atoms with E-state index in [0.29, 0.717) is 0 Å². The van der Waals surface area contributed by atoms with Gasteiger partial charge in [-0.25, -0.2) is 0 Å². The zero-order chi connectivity index (χ0) is 15.3. The SMILES string of the molecule is COc1ccccc1N1CCN(CCC(C)(C)CN)CC1. The van der Waals surface area contributed by atoms with Gasteiger partial charge in [0.1, 0.15) is 5.75 Å². The van der Waals surface area contributed by atoms with Crippen LogP contribution in [0.4, 0.5) is 5.69 Å². The van der Waals surface area contributed by atoms with Gasteiger partial charge in [-0.1, -0.05) is 26.0 Å². The fourth-order valence-electron chi connectivity index (χ4n) is 2.67. The molecule has 0 aliphatic carbocycles. The second kappa shape index (κ2) is 7.14. The predicted molar refractivity (Wildman–Crippen MR) is 89.1 cm³/mol. The zero-order valence-electron chi connectivity index (χ0n) is 13.6. The lowest BCUT2D eigenvalue weighted by Gasteiger charge is -2.37. The molecule has 4 nitrogen and oxygen atoms in total. The van der Waals surface area contributed by atoms with Gasteiger partial charge in [0, 0.05) is 26.2 Å². The number of anilines is 1. The first-order valence-electron chi connectivity index (χ1n) is 7.86. The molecule has 1 aromatic carbocycles. The maximum absolute atomic E-state index is 5.81. The van der Waals surface area contributed by atoms with Crippen molar-refractivity contribution in [2.45, 2.75) is 20.3 Å². The standard InChI is InChI=1S/C17H29N3O/c1-17(2,14-18)8-9-19-10-12-20(13-11-19)15-6-4-5-7-16(15)21-3/h4-7H,8-14,18H2,1-3H3. The average molecular weight is 291 g/mol. The van der Waals surface area contributed by atoms with Crippen LogP contribution in [0.2, 0.25) is 0 Å². The smallest absolute Gasteiger partial charge is 0.142 e. The Kier molecular flexibility index (Phi) is 5.48. The van der Waals surface area contributed by atoms with Crippen molar-refractivity contribution in [3.8, 4) is 5.75 Å². The van der Waals surface area contributed by atoms with Crippen LogP contribution in [0, 0.1) is 5.41 Å². The zero-order valence-corrected chi connectivity index (χ0v) is 13.6. The van der Waals surface area contributed by atoms with Gasteiger partial charge >= 0.3 is 0 Å². The molecule has 0 spiro atoms. The third kappa shape index (κ3) is 4.35. The van der Waals surface area contributed by atoms with Gasteiger partial charge in [0.15, 0.2) is 0 Å². The lowest BCUT2D eigenvalue weighted by molar-refractivity contribution is 0.211. The summed E-state index contributed by atoms with van der Waals surface area (Å²) in [4.78, 5) is 4.97. The van der Waals surface area contributed by atoms with Crippen molar-refractivity contribution < 1.29 is 4.74 Å². The first-order chi connectivity index (χ1) is 10.1. The molecule has 0 aromatic heterocycles. The molecule has 0 unspecified atom stereocenters. The number of nitrogens with zero attached hydrogens (tertiary/aromatic N) is 2. The van der Waals surface area contributed by atoms with E-state index in [2.05, 4.69) is 35.8 Å². The number of hydrogen-bond donors (Lipinski definition) is 1. The van der Waals surface area contributed by atoms with Crippen molar-refractivity contribution in [3.63, 3.8) is 0 Å². The van der Waals surface area contributed by atoms with Gasteiger partial charge < -0.3 is 15.4 Å². The van der Waals surface area contributed by atoms with Crippen molar-refractivity contribution in [2.24, 2.45) is 11.1 Å². The number of methoxy groups -OCH3 is 1. The number of hydrogen-bond acceptors (Lipinski definition) is 4. The quantitative estimate of drug-likeness (QED) is 0.872. The van der Waals surface area contributed by atoms with E-state index >= 15 is 0 Å². The summed E-state index contributed by atoms with van der Waals surface area (Å²) in [7, 11) is 1.74. The van der Waals surface area contributed by atoms with Gasteiger partial charge in [-0.2, -0.15) is 0 Å². The normalized spacial score (nSPS) is 17.0. The minimum atomic E-state index is 0.250. The van der Waals surface area contributed by atoms with Crippen molar-refractivity contribution in [3.05, 3.63) is 24.3 Å². The Balaban J connectivity index is 1.86. The molecule has 118 valence electrons. The molecule has 0 saturated carbocycles. The van der Waals surface area contributed by atoms with Gasteiger partial charge in [-0.05, 0) is 37.1 Å². The Morgan fingerprint density at radius 2 is 1.81 bits per heavy atom. The Labute approximate surface area is 128 Å². The van der Waals surface area contributed by atoms with Crippen molar-refractivity contribution in [2.75, 3.05) is 51.3 Å². The molecular formula is C17H29N3O. The second-order valence-electron chi connectivity index (χ2n) is 6.62. The highest BCUT2D eigenvalue weighted by Gasteiger charge is 2.22. The first-order valence-corrected chi connectivity index (χ1v) is 7.86. The van der Waals surface area contributed by atoms with E-state index < -0.39 is 0 Å². The highest BCUT2D eigenvalue weighted by atomic mass is 16.5. The van der Waals surface area contributed by atoms with Gasteiger partial charge in [-0.3, -0.25) is 4.90 Å². The molecule has 1 aliphatic rings. The highest BCUT2D eigenvalue weighted by Crippen LogP contribution is 2.28. The van der Waals surface area contributed by atoms with E-state index in [0.717, 1.165) is 51.4 Å². The lowest BCUT2D eigenvalue weighted by atomic mass is 9.89. The molecule has 4 heteroatoms. The summed E-state index contributed by atoms with van der Waals surface area (Å²) in [6.07, 6.45) is 1.16. The largest absolute Gasteiger partial charge is 0.495 e. The van der Waals surface area contributed by atoms with Crippen LogP contribution >= 0.6 is 0 Å². The third-order valence-electron chi connectivity index (χ3n) is 4.46. The summed E-state index contributed by atoms with van der Waals surface area (Å²) >= 11 is 0. The van der Waals surface area contributed by atoms with Crippen LogP contribution in [0.15, 0.2) is 24.3 Å². The highest BCUT2D eigenvalue weighted by molar-refractivity contribution is 5.58. The van der Waals surface area contributed by atoms with E-state index in [9.17, 15) is 0 Å². The molecule has 2 N–H and O–H groups in total. The van der Waals surface area contributed by atoms with Crippen LogP contribution in [-0.2, 0) is 0 Å². The van der Waals surface area contributed by atoms with Crippen molar-refractivity contribution in [1.82, 2.24) is 4.90 Å². The molecule has 1 heterocycles. The molecule has 1 aliphatic heterocycles.